The van der Waals surface area contributed by atoms with E-state index in [4.69, 9.17) is 9.15 Å². The van der Waals surface area contributed by atoms with Crippen LogP contribution in [0.15, 0.2) is 120 Å². The summed E-state index contributed by atoms with van der Waals surface area (Å²) in [6.07, 6.45) is 3.65. The van der Waals surface area contributed by atoms with Gasteiger partial charge >= 0.3 is 0 Å². The molecular weight excluding hydrogens is 733 g/mol. The fraction of sp³-hybridized carbons (Fsp3) is 0.150. The molecule has 45 heavy (non-hydrogen) atoms. The first-order valence-electron chi connectivity index (χ1n) is 14.9. The molecule has 0 aliphatic carbocycles. The Hall–Kier alpha value is -4.57. The van der Waals surface area contributed by atoms with Crippen molar-refractivity contribution in [2.24, 2.45) is 0 Å². The Labute approximate surface area is 277 Å². The van der Waals surface area contributed by atoms with Gasteiger partial charge in [-0.25, -0.2) is 0 Å². The van der Waals surface area contributed by atoms with Crippen molar-refractivity contribution in [2.45, 2.75) is 39.0 Å². The summed E-state index contributed by atoms with van der Waals surface area (Å²) >= 11 is 0. The molecule has 0 saturated carbocycles. The van der Waals surface area contributed by atoms with Crippen molar-refractivity contribution in [3.63, 3.8) is 0 Å². The largest absolute Gasteiger partial charge is 0.500 e. The smallest absolute Gasteiger partial charge is 0.141 e. The zero-order valence-corrected chi connectivity index (χ0v) is 28.0. The number of ether oxygens (including phenoxy) is 1. The van der Waals surface area contributed by atoms with Crippen LogP contribution in [-0.4, -0.2) is 9.97 Å². The summed E-state index contributed by atoms with van der Waals surface area (Å²) in [7, 11) is 0. The van der Waals surface area contributed by atoms with E-state index >= 15 is 0 Å². The summed E-state index contributed by atoms with van der Waals surface area (Å²) in [6, 6.07) is 40.9. The topological polar surface area (TPSA) is 48.2 Å². The zero-order valence-electron chi connectivity index (χ0n) is 25.6. The maximum Gasteiger partial charge on any atom is 0.141 e. The molecule has 0 fully saturated rings. The SMILES string of the molecule is CC(C)c1ccnc(-c2[c-]ccc3c2oc2ccc4c(c23)Oc2ccccc2C4(C)C)c1.[Ir].[c-]1ccccc1-c1ccccn1. The molecular formula is C40H32IrN2O2-2. The van der Waals surface area contributed by atoms with Gasteiger partial charge in [-0.15, -0.1) is 54.1 Å². The van der Waals surface area contributed by atoms with Gasteiger partial charge in [-0.1, -0.05) is 86.7 Å². The van der Waals surface area contributed by atoms with Gasteiger partial charge in [0.25, 0.3) is 0 Å². The number of aromatic nitrogens is 2. The first-order chi connectivity index (χ1) is 21.4. The monoisotopic (exact) mass is 765 g/mol. The average Bonchev–Trinajstić information content (AvgIpc) is 3.45. The van der Waals surface area contributed by atoms with Crippen LogP contribution in [0, 0.1) is 12.1 Å². The number of nitrogens with zero attached hydrogens (tertiary/aromatic N) is 2. The second kappa shape index (κ2) is 12.4. The van der Waals surface area contributed by atoms with Crippen molar-refractivity contribution in [1.29, 1.82) is 0 Å². The van der Waals surface area contributed by atoms with Gasteiger partial charge in [0.15, 0.2) is 0 Å². The Kier molecular flexibility index (Phi) is 8.42. The minimum absolute atomic E-state index is 0. The summed E-state index contributed by atoms with van der Waals surface area (Å²) in [5.74, 6) is 2.21. The van der Waals surface area contributed by atoms with E-state index in [1.54, 1.807) is 6.20 Å². The first kappa shape index (κ1) is 30.5. The summed E-state index contributed by atoms with van der Waals surface area (Å²) < 4.78 is 12.9. The molecule has 7 aromatic rings. The van der Waals surface area contributed by atoms with Crippen LogP contribution in [0.2, 0.25) is 0 Å². The molecule has 0 spiro atoms. The third-order valence-electron chi connectivity index (χ3n) is 8.35. The predicted molar refractivity (Wildman–Crippen MR) is 177 cm³/mol. The summed E-state index contributed by atoms with van der Waals surface area (Å²) in [5, 5.41) is 2.04. The number of furan rings is 1. The zero-order chi connectivity index (χ0) is 30.3. The van der Waals surface area contributed by atoms with Crippen molar-refractivity contribution in [1.82, 2.24) is 9.97 Å². The standard InChI is InChI=1S/C29H24NO2.C11H8N.Ir/c1-17(2)18-14-15-30-23(16-18)19-8-7-9-20-26-25(32-27(19)20)13-12-22-28(26)31-24-11-6-5-10-21(24)29(22,3)4;1-2-6-10(7-3-1)11-8-4-5-9-12-11;/h5-7,9-17H,1-4H3;1-6,8-9H;/q2*-1;. The van der Waals surface area contributed by atoms with Crippen molar-refractivity contribution in [3.05, 3.63) is 144 Å². The van der Waals surface area contributed by atoms with Crippen LogP contribution >= 0.6 is 0 Å². The van der Waals surface area contributed by atoms with Crippen LogP contribution in [0.1, 0.15) is 50.3 Å². The van der Waals surface area contributed by atoms with Gasteiger partial charge in [0.1, 0.15) is 17.1 Å². The molecule has 0 N–H and O–H groups in total. The molecule has 4 heterocycles. The summed E-state index contributed by atoms with van der Waals surface area (Å²) in [6.45, 7) is 8.88. The van der Waals surface area contributed by atoms with E-state index in [1.807, 2.05) is 66.9 Å². The molecule has 1 aliphatic rings. The van der Waals surface area contributed by atoms with Gasteiger partial charge in [0.2, 0.25) is 0 Å². The summed E-state index contributed by atoms with van der Waals surface area (Å²) in [4.78, 5) is 8.85. The molecule has 1 radical (unpaired) electrons. The van der Waals surface area contributed by atoms with Crippen LogP contribution in [-0.2, 0) is 25.5 Å². The minimum atomic E-state index is -0.168. The van der Waals surface area contributed by atoms with E-state index < -0.39 is 0 Å². The van der Waals surface area contributed by atoms with Gasteiger partial charge in [0, 0.05) is 49.0 Å². The number of para-hydroxylation sites is 1. The number of rotatable bonds is 3. The maximum atomic E-state index is 6.50. The summed E-state index contributed by atoms with van der Waals surface area (Å²) in [5.41, 5.74) is 8.82. The Morgan fingerprint density at radius 1 is 0.733 bits per heavy atom. The molecule has 4 aromatic carbocycles. The van der Waals surface area contributed by atoms with Crippen LogP contribution in [0.25, 0.3) is 44.5 Å². The normalized spacial score (nSPS) is 12.8. The fourth-order valence-electron chi connectivity index (χ4n) is 5.93. The molecule has 0 bridgehead atoms. The first-order valence-corrected chi connectivity index (χ1v) is 14.9. The third-order valence-corrected chi connectivity index (χ3v) is 8.35. The number of benzene rings is 4. The van der Waals surface area contributed by atoms with E-state index in [-0.39, 0.29) is 25.5 Å². The number of hydrogen-bond acceptors (Lipinski definition) is 4. The van der Waals surface area contributed by atoms with Crippen LogP contribution in [0.4, 0.5) is 0 Å². The molecule has 225 valence electrons. The predicted octanol–water partition coefficient (Wildman–Crippen LogP) is 10.5. The van der Waals surface area contributed by atoms with Crippen LogP contribution in [0.3, 0.4) is 0 Å². The van der Waals surface area contributed by atoms with E-state index in [9.17, 15) is 0 Å². The maximum absolute atomic E-state index is 6.50. The molecule has 0 amide bonds. The van der Waals surface area contributed by atoms with Crippen LogP contribution < -0.4 is 4.74 Å². The molecule has 8 rings (SSSR count). The molecule has 3 aromatic heterocycles. The van der Waals surface area contributed by atoms with Crippen molar-refractivity contribution in [3.8, 4) is 34.0 Å². The third kappa shape index (κ3) is 5.59. The van der Waals surface area contributed by atoms with E-state index in [0.717, 1.165) is 56.0 Å². The number of pyridine rings is 2. The van der Waals surface area contributed by atoms with Crippen molar-refractivity contribution in [2.75, 3.05) is 0 Å². The Bertz CT molecular complexity index is 2060. The molecule has 0 unspecified atom stereocenters. The van der Waals surface area contributed by atoms with E-state index in [2.05, 4.69) is 92.3 Å². The van der Waals surface area contributed by atoms with Gasteiger partial charge in [-0.2, -0.15) is 0 Å². The molecule has 0 atom stereocenters. The van der Waals surface area contributed by atoms with E-state index in [0.29, 0.717) is 5.92 Å². The van der Waals surface area contributed by atoms with Gasteiger partial charge in [-0.05, 0) is 41.6 Å². The average molecular weight is 765 g/mol. The van der Waals surface area contributed by atoms with Gasteiger partial charge < -0.3 is 19.1 Å². The molecule has 1 aliphatic heterocycles. The van der Waals surface area contributed by atoms with E-state index in [1.165, 1.54) is 16.7 Å². The van der Waals surface area contributed by atoms with Crippen molar-refractivity contribution < 1.29 is 29.3 Å². The Morgan fingerprint density at radius 2 is 1.53 bits per heavy atom. The molecule has 0 saturated heterocycles. The Morgan fingerprint density at radius 3 is 2.31 bits per heavy atom. The quantitative estimate of drug-likeness (QED) is 0.168. The van der Waals surface area contributed by atoms with Gasteiger partial charge in [0.05, 0.1) is 11.0 Å². The fourth-order valence-corrected chi connectivity index (χ4v) is 5.93. The molecule has 4 nitrogen and oxygen atoms in total. The Balaban J connectivity index is 0.000000231. The number of hydrogen-bond donors (Lipinski definition) is 0. The minimum Gasteiger partial charge on any atom is -0.500 e. The second-order valence-corrected chi connectivity index (χ2v) is 11.9. The second-order valence-electron chi connectivity index (χ2n) is 11.9. The van der Waals surface area contributed by atoms with Gasteiger partial charge in [-0.3, -0.25) is 0 Å². The van der Waals surface area contributed by atoms with Crippen molar-refractivity contribution >= 4 is 21.9 Å². The van der Waals surface area contributed by atoms with Crippen LogP contribution in [0.5, 0.6) is 11.5 Å². The number of fused-ring (bicyclic) bond motifs is 6. The molecule has 5 heteroatoms.